The Morgan fingerprint density at radius 3 is 2.69 bits per heavy atom. The van der Waals surface area contributed by atoms with Crippen LogP contribution in [0.2, 0.25) is 0 Å². The van der Waals surface area contributed by atoms with Gasteiger partial charge in [0.2, 0.25) is 0 Å². The first-order valence-electron chi connectivity index (χ1n) is 4.68. The second-order valence-electron chi connectivity index (χ2n) is 3.41. The summed E-state index contributed by atoms with van der Waals surface area (Å²) in [5.74, 6) is -1.24. The molecule has 0 radical (unpaired) electrons. The van der Waals surface area contributed by atoms with Crippen LogP contribution in [-0.4, -0.2) is 22.1 Å². The molecule has 0 aliphatic heterocycles. The fraction of sp³-hybridized carbons (Fsp3) is 0.300. The Kier molecular flexibility index (Phi) is 3.82. The Hall–Kier alpha value is -2.11. The van der Waals surface area contributed by atoms with Gasteiger partial charge in [-0.2, -0.15) is 0 Å². The van der Waals surface area contributed by atoms with Gasteiger partial charge in [-0.25, -0.2) is 14.9 Å². The highest BCUT2D eigenvalue weighted by Gasteiger charge is 2.22. The summed E-state index contributed by atoms with van der Waals surface area (Å²) in [5.41, 5.74) is 3.48. The number of hydrogen-bond acceptors (Lipinski definition) is 3. The molecule has 6 nitrogen and oxygen atoms in total. The molecule has 16 heavy (non-hydrogen) atoms. The lowest BCUT2D eigenvalue weighted by Gasteiger charge is -2.10. The number of hydrogen-bond donors (Lipinski definition) is 2. The Morgan fingerprint density at radius 2 is 2.19 bits per heavy atom. The van der Waals surface area contributed by atoms with E-state index in [9.17, 15) is 14.9 Å². The van der Waals surface area contributed by atoms with E-state index in [0.717, 1.165) is 11.1 Å². The number of carbonyl (C=O) groups is 1. The molecule has 6 heteroatoms. The van der Waals surface area contributed by atoms with Crippen molar-refractivity contribution in [3.63, 3.8) is 0 Å². The summed E-state index contributed by atoms with van der Waals surface area (Å²) in [6, 6.07) is 5.98. The van der Waals surface area contributed by atoms with Crippen molar-refractivity contribution in [3.8, 4) is 0 Å². The van der Waals surface area contributed by atoms with Crippen LogP contribution in [0.5, 0.6) is 0 Å². The van der Waals surface area contributed by atoms with E-state index in [4.69, 9.17) is 5.11 Å². The van der Waals surface area contributed by atoms with Crippen LogP contribution in [0.25, 0.3) is 0 Å². The summed E-state index contributed by atoms with van der Waals surface area (Å²) in [6.45, 7) is 1.83. The predicted molar refractivity (Wildman–Crippen MR) is 56.4 cm³/mol. The lowest BCUT2D eigenvalue weighted by atomic mass is 10.0. The van der Waals surface area contributed by atoms with Crippen molar-refractivity contribution in [2.45, 2.75) is 19.4 Å². The van der Waals surface area contributed by atoms with E-state index in [1.807, 2.05) is 19.1 Å². The monoisotopic (exact) mass is 224 g/mol. The van der Waals surface area contributed by atoms with E-state index in [2.05, 4.69) is 0 Å². The highest BCUT2D eigenvalue weighted by molar-refractivity contribution is 5.73. The molecule has 0 bridgehead atoms. The smallest absolute Gasteiger partial charge is 0.332 e. The number of rotatable bonds is 5. The first-order valence-corrected chi connectivity index (χ1v) is 4.68. The number of carboxylic acid groups (broad SMARTS) is 1. The normalized spacial score (nSPS) is 11.8. The average molecular weight is 224 g/mol. The molecular weight excluding hydrogens is 212 g/mol. The lowest BCUT2D eigenvalue weighted by molar-refractivity contribution is -0.548. The summed E-state index contributed by atoms with van der Waals surface area (Å²) in [6.07, 6.45) is 0.0863. The fourth-order valence-corrected chi connectivity index (χ4v) is 1.37. The summed E-state index contributed by atoms with van der Waals surface area (Å²) < 4.78 is 0. The maximum atomic E-state index is 10.8. The minimum Gasteiger partial charge on any atom is -0.480 e. The fourth-order valence-electron chi connectivity index (χ4n) is 1.37. The third-order valence-electron chi connectivity index (χ3n) is 2.24. The molecular formula is C10H12N2O4. The SMILES string of the molecule is Cc1ccccc1CC(N[N+](=O)[O-])C(=O)O. The molecule has 1 aromatic carbocycles. The minimum atomic E-state index is -1.24. The van der Waals surface area contributed by atoms with Crippen molar-refractivity contribution < 1.29 is 14.9 Å². The van der Waals surface area contributed by atoms with Crippen LogP contribution < -0.4 is 5.43 Å². The molecule has 0 amide bonds. The van der Waals surface area contributed by atoms with Gasteiger partial charge in [-0.15, -0.1) is 5.43 Å². The van der Waals surface area contributed by atoms with Gasteiger partial charge < -0.3 is 5.11 Å². The Balaban J connectivity index is 2.80. The van der Waals surface area contributed by atoms with Gasteiger partial charge >= 0.3 is 5.97 Å². The molecule has 0 saturated heterocycles. The molecule has 1 rings (SSSR count). The predicted octanol–water partition coefficient (Wildman–Crippen LogP) is 0.772. The van der Waals surface area contributed by atoms with Crippen molar-refractivity contribution in [3.05, 3.63) is 45.5 Å². The molecule has 86 valence electrons. The van der Waals surface area contributed by atoms with E-state index < -0.39 is 17.0 Å². The highest BCUT2D eigenvalue weighted by Crippen LogP contribution is 2.09. The zero-order valence-electron chi connectivity index (χ0n) is 8.71. The van der Waals surface area contributed by atoms with Crippen LogP contribution in [0.3, 0.4) is 0 Å². The molecule has 1 aromatic rings. The number of nitrogens with one attached hydrogen (secondary N) is 1. The van der Waals surface area contributed by atoms with E-state index >= 15 is 0 Å². The van der Waals surface area contributed by atoms with E-state index in [-0.39, 0.29) is 6.42 Å². The van der Waals surface area contributed by atoms with Gasteiger partial charge in [0, 0.05) is 6.42 Å². The number of nitro groups is 1. The summed E-state index contributed by atoms with van der Waals surface area (Å²) in [4.78, 5) is 21.0. The number of aliphatic carboxylic acids is 1. The number of carboxylic acids is 1. The minimum absolute atomic E-state index is 0.0863. The van der Waals surface area contributed by atoms with Gasteiger partial charge in [-0.3, -0.25) is 0 Å². The Bertz CT molecular complexity index is 406. The topological polar surface area (TPSA) is 92.5 Å². The lowest BCUT2D eigenvalue weighted by Crippen LogP contribution is -2.42. The molecule has 2 N–H and O–H groups in total. The standard InChI is InChI=1S/C10H12N2O4/c1-7-4-2-3-5-8(7)6-9(10(13)14)11-12(15)16/h2-5,9,11H,6H2,1H3,(H,13,14). The van der Waals surface area contributed by atoms with Gasteiger partial charge in [0.25, 0.3) is 0 Å². The Labute approximate surface area is 92.0 Å². The third kappa shape index (κ3) is 3.23. The van der Waals surface area contributed by atoms with Gasteiger partial charge in [-0.1, -0.05) is 24.3 Å². The summed E-state index contributed by atoms with van der Waals surface area (Å²) in [5, 5.41) is 18.2. The van der Waals surface area contributed by atoms with Crippen LogP contribution in [0, 0.1) is 17.0 Å². The molecule has 0 aromatic heterocycles. The summed E-state index contributed by atoms with van der Waals surface area (Å²) in [7, 11) is 0. The maximum absolute atomic E-state index is 10.8. The van der Waals surface area contributed by atoms with Crippen molar-refractivity contribution in [1.29, 1.82) is 0 Å². The maximum Gasteiger partial charge on any atom is 0.332 e. The van der Waals surface area contributed by atoms with E-state index in [0.29, 0.717) is 0 Å². The number of nitrogens with zero attached hydrogens (tertiary/aromatic N) is 1. The van der Waals surface area contributed by atoms with Crippen molar-refractivity contribution in [2.24, 2.45) is 0 Å². The number of benzene rings is 1. The van der Waals surface area contributed by atoms with E-state index in [1.54, 1.807) is 17.6 Å². The van der Waals surface area contributed by atoms with Crippen LogP contribution in [0.1, 0.15) is 11.1 Å². The average Bonchev–Trinajstić information content (AvgIpc) is 2.19. The molecule has 0 aliphatic carbocycles. The zero-order valence-corrected chi connectivity index (χ0v) is 8.71. The van der Waals surface area contributed by atoms with Gasteiger partial charge in [-0.05, 0) is 18.1 Å². The summed E-state index contributed by atoms with van der Waals surface area (Å²) >= 11 is 0. The van der Waals surface area contributed by atoms with Crippen molar-refractivity contribution in [1.82, 2.24) is 5.43 Å². The van der Waals surface area contributed by atoms with Gasteiger partial charge in [0.1, 0.15) is 0 Å². The molecule has 1 unspecified atom stereocenters. The molecule has 0 heterocycles. The van der Waals surface area contributed by atoms with Crippen LogP contribution in [-0.2, 0) is 11.2 Å². The largest absolute Gasteiger partial charge is 0.480 e. The first kappa shape index (κ1) is 12.0. The van der Waals surface area contributed by atoms with Crippen molar-refractivity contribution in [2.75, 3.05) is 0 Å². The number of aryl methyl sites for hydroxylation is 1. The molecule has 0 spiro atoms. The highest BCUT2D eigenvalue weighted by atomic mass is 16.7. The molecule has 0 saturated carbocycles. The number of hydrazine groups is 1. The molecule has 0 fully saturated rings. The van der Waals surface area contributed by atoms with Crippen LogP contribution in [0.15, 0.2) is 24.3 Å². The quantitative estimate of drug-likeness (QED) is 0.569. The van der Waals surface area contributed by atoms with Crippen molar-refractivity contribution >= 4 is 5.97 Å². The second kappa shape index (κ2) is 5.11. The van der Waals surface area contributed by atoms with Gasteiger partial charge in [0.05, 0.1) is 0 Å². The van der Waals surface area contributed by atoms with E-state index in [1.165, 1.54) is 0 Å². The van der Waals surface area contributed by atoms with Gasteiger partial charge in [0.15, 0.2) is 11.1 Å². The van der Waals surface area contributed by atoms with Crippen LogP contribution in [0.4, 0.5) is 0 Å². The third-order valence-corrected chi connectivity index (χ3v) is 2.24. The molecule has 0 aliphatic rings. The zero-order chi connectivity index (χ0) is 12.1. The van der Waals surface area contributed by atoms with Crippen LogP contribution >= 0.6 is 0 Å². The Morgan fingerprint density at radius 1 is 1.56 bits per heavy atom. The first-order chi connectivity index (χ1) is 7.50. The second-order valence-corrected chi connectivity index (χ2v) is 3.41. The molecule has 1 atom stereocenters.